The molecule has 3 atom stereocenters. The van der Waals surface area contributed by atoms with E-state index in [1.54, 1.807) is 0 Å². The molecule has 14 heavy (non-hydrogen) atoms. The third-order valence-electron chi connectivity index (χ3n) is 3.27. The maximum absolute atomic E-state index is 12.9. The summed E-state index contributed by atoms with van der Waals surface area (Å²) in [5, 5.41) is 0. The summed E-state index contributed by atoms with van der Waals surface area (Å²) in [5.74, 6) is -4.88. The minimum Gasteiger partial charge on any atom is -0.206 e. The molecule has 0 aliphatic heterocycles. The third-order valence-corrected chi connectivity index (χ3v) is 4.14. The molecule has 0 aromatic rings. The van der Waals surface area contributed by atoms with Gasteiger partial charge in [-0.05, 0) is 25.2 Å². The van der Waals surface area contributed by atoms with E-state index in [-0.39, 0.29) is 6.42 Å². The van der Waals surface area contributed by atoms with Gasteiger partial charge in [0.2, 0.25) is 0 Å². The Hall–Kier alpha value is -0.260. The van der Waals surface area contributed by atoms with Crippen LogP contribution in [0.4, 0.5) is 12.7 Å². The molecule has 82 valence electrons. The minimum absolute atomic E-state index is 0.154. The topological polar surface area (TPSA) is 34.1 Å². The van der Waals surface area contributed by atoms with Crippen molar-refractivity contribution in [1.82, 2.24) is 0 Å². The summed E-state index contributed by atoms with van der Waals surface area (Å²) < 4.78 is 58.7. The van der Waals surface area contributed by atoms with Crippen molar-refractivity contribution >= 4 is 10.2 Å². The predicted molar refractivity (Wildman–Crippen MR) is 44.2 cm³/mol. The third kappa shape index (κ3) is 1.76. The first-order valence-corrected chi connectivity index (χ1v) is 6.16. The van der Waals surface area contributed by atoms with Crippen LogP contribution in [0.15, 0.2) is 0 Å². The van der Waals surface area contributed by atoms with E-state index in [0.29, 0.717) is 12.8 Å². The van der Waals surface area contributed by atoms with E-state index < -0.39 is 39.7 Å². The Morgan fingerprint density at radius 1 is 1.21 bits per heavy atom. The second-order valence-corrected chi connectivity index (χ2v) is 5.68. The number of hydrogen-bond donors (Lipinski definition) is 0. The van der Waals surface area contributed by atoms with Crippen LogP contribution in [0.2, 0.25) is 0 Å². The highest BCUT2D eigenvalue weighted by Crippen LogP contribution is 2.63. The van der Waals surface area contributed by atoms with E-state index in [4.69, 9.17) is 0 Å². The Kier molecular flexibility index (Phi) is 2.10. The Morgan fingerprint density at radius 2 is 1.86 bits per heavy atom. The van der Waals surface area contributed by atoms with Crippen LogP contribution >= 0.6 is 0 Å². The Labute approximate surface area is 80.7 Å². The Morgan fingerprint density at radius 3 is 2.36 bits per heavy atom. The largest absolute Gasteiger partial charge is 0.302 e. The number of halogens is 3. The molecule has 2 saturated carbocycles. The number of hydrogen-bond acceptors (Lipinski definition) is 2. The van der Waals surface area contributed by atoms with Crippen molar-refractivity contribution in [3.8, 4) is 0 Å². The summed E-state index contributed by atoms with van der Waals surface area (Å²) in [6.45, 7) is 0. The lowest BCUT2D eigenvalue weighted by atomic mass is 9.91. The van der Waals surface area contributed by atoms with Gasteiger partial charge in [0.05, 0.1) is 5.75 Å². The average molecular weight is 228 g/mol. The second-order valence-electron chi connectivity index (χ2n) is 4.27. The van der Waals surface area contributed by atoms with E-state index in [2.05, 4.69) is 0 Å². The molecule has 6 heteroatoms. The van der Waals surface area contributed by atoms with Crippen LogP contribution < -0.4 is 0 Å². The lowest BCUT2D eigenvalue weighted by molar-refractivity contribution is 0.0844. The molecular weight excluding hydrogens is 217 g/mol. The lowest BCUT2D eigenvalue weighted by Crippen LogP contribution is -2.17. The smallest absolute Gasteiger partial charge is 0.206 e. The molecule has 0 aromatic heterocycles. The fourth-order valence-corrected chi connectivity index (χ4v) is 3.37. The quantitative estimate of drug-likeness (QED) is 0.677. The van der Waals surface area contributed by atoms with Crippen molar-refractivity contribution in [3.05, 3.63) is 0 Å². The van der Waals surface area contributed by atoms with E-state index in [0.717, 1.165) is 0 Å². The van der Waals surface area contributed by atoms with Gasteiger partial charge in [-0.1, -0.05) is 0 Å². The van der Waals surface area contributed by atoms with Crippen molar-refractivity contribution in [1.29, 1.82) is 0 Å². The van der Waals surface area contributed by atoms with Crippen molar-refractivity contribution in [2.24, 2.45) is 17.8 Å². The van der Waals surface area contributed by atoms with Crippen LogP contribution in [0.1, 0.15) is 19.3 Å². The minimum atomic E-state index is -4.51. The van der Waals surface area contributed by atoms with E-state index in [1.807, 2.05) is 0 Å². The van der Waals surface area contributed by atoms with Crippen molar-refractivity contribution in [2.45, 2.75) is 25.2 Å². The summed E-state index contributed by atoms with van der Waals surface area (Å²) in [7, 11) is -4.51. The molecule has 3 unspecified atom stereocenters. The van der Waals surface area contributed by atoms with E-state index in [1.165, 1.54) is 0 Å². The van der Waals surface area contributed by atoms with E-state index >= 15 is 0 Å². The molecule has 0 spiro atoms. The van der Waals surface area contributed by atoms with Crippen LogP contribution in [0.3, 0.4) is 0 Å². The van der Waals surface area contributed by atoms with Gasteiger partial charge in [-0.2, -0.15) is 8.42 Å². The molecule has 0 heterocycles. The van der Waals surface area contributed by atoms with Gasteiger partial charge in [0.25, 0.3) is 5.92 Å². The first kappa shape index (κ1) is 10.3. The molecule has 2 rings (SSSR count). The summed E-state index contributed by atoms with van der Waals surface area (Å²) in [4.78, 5) is 0. The number of fused-ring (bicyclic) bond motifs is 1. The maximum atomic E-state index is 12.9. The van der Waals surface area contributed by atoms with Crippen LogP contribution in [0.25, 0.3) is 0 Å². The van der Waals surface area contributed by atoms with Gasteiger partial charge >= 0.3 is 10.2 Å². The van der Waals surface area contributed by atoms with Gasteiger partial charge in [0.15, 0.2) is 0 Å². The monoisotopic (exact) mass is 228 g/mol. The number of rotatable bonds is 2. The molecular formula is C8H11F3O2S. The summed E-state index contributed by atoms with van der Waals surface area (Å²) >= 11 is 0. The molecule has 2 aliphatic rings. The van der Waals surface area contributed by atoms with Gasteiger partial charge < -0.3 is 0 Å². The Balaban J connectivity index is 1.95. The standard InChI is InChI=1S/C8H11F3O2S/c9-8(10)6-2-1-5(3-7(6)8)4-14(11,12)13/h5-7H,1-4H2. The second kappa shape index (κ2) is 2.87. The zero-order valence-electron chi connectivity index (χ0n) is 7.42. The first-order chi connectivity index (χ1) is 6.31. The summed E-state index contributed by atoms with van der Waals surface area (Å²) in [6, 6.07) is 0. The van der Waals surface area contributed by atoms with Crippen LogP contribution in [0.5, 0.6) is 0 Å². The molecule has 0 radical (unpaired) electrons. The van der Waals surface area contributed by atoms with Gasteiger partial charge in [0, 0.05) is 11.8 Å². The van der Waals surface area contributed by atoms with Crippen LogP contribution in [-0.2, 0) is 10.2 Å². The van der Waals surface area contributed by atoms with Gasteiger partial charge in [-0.15, -0.1) is 3.89 Å². The Bertz CT molecular complexity index is 338. The fraction of sp³-hybridized carbons (Fsp3) is 1.00. The van der Waals surface area contributed by atoms with Crippen molar-refractivity contribution in [3.63, 3.8) is 0 Å². The van der Waals surface area contributed by atoms with E-state index in [9.17, 15) is 21.1 Å². The first-order valence-electron chi connectivity index (χ1n) is 4.61. The van der Waals surface area contributed by atoms with Gasteiger partial charge in [0.1, 0.15) is 0 Å². The van der Waals surface area contributed by atoms with Crippen LogP contribution in [-0.4, -0.2) is 20.1 Å². The fourth-order valence-electron chi connectivity index (χ4n) is 2.50. The molecule has 0 bridgehead atoms. The number of alkyl halides is 2. The van der Waals surface area contributed by atoms with Crippen molar-refractivity contribution < 1.29 is 21.1 Å². The molecule has 0 amide bonds. The molecule has 0 saturated heterocycles. The van der Waals surface area contributed by atoms with Gasteiger partial charge in [-0.3, -0.25) is 0 Å². The molecule has 0 N–H and O–H groups in total. The SMILES string of the molecule is O=S(=O)(F)CC1CCC2C(C1)C2(F)F. The molecule has 0 aromatic carbocycles. The molecule has 2 aliphatic carbocycles. The van der Waals surface area contributed by atoms with Crippen LogP contribution in [0, 0.1) is 17.8 Å². The highest BCUT2D eigenvalue weighted by Gasteiger charge is 2.68. The predicted octanol–water partition coefficient (Wildman–Crippen LogP) is 1.97. The maximum Gasteiger partial charge on any atom is 0.302 e. The lowest BCUT2D eigenvalue weighted by Gasteiger charge is -2.17. The summed E-state index contributed by atoms with van der Waals surface area (Å²) in [5.41, 5.74) is 0. The molecule has 2 nitrogen and oxygen atoms in total. The zero-order valence-corrected chi connectivity index (χ0v) is 8.24. The normalized spacial score (nSPS) is 40.4. The molecule has 2 fully saturated rings. The zero-order chi connectivity index (χ0) is 10.6. The van der Waals surface area contributed by atoms with Crippen molar-refractivity contribution in [2.75, 3.05) is 5.75 Å². The highest BCUT2D eigenvalue weighted by molar-refractivity contribution is 7.86. The van der Waals surface area contributed by atoms with Gasteiger partial charge in [-0.25, -0.2) is 8.78 Å². The highest BCUT2D eigenvalue weighted by atomic mass is 32.3. The summed E-state index contributed by atoms with van der Waals surface area (Å²) in [6.07, 6.45) is 0.887. The average Bonchev–Trinajstić information content (AvgIpc) is 2.51.